The van der Waals surface area contributed by atoms with Gasteiger partial charge in [-0.2, -0.15) is 0 Å². The second-order valence-corrected chi connectivity index (χ2v) is 9.03. The molecule has 0 saturated heterocycles. The zero-order chi connectivity index (χ0) is 23.1. The van der Waals surface area contributed by atoms with Crippen molar-refractivity contribution in [3.63, 3.8) is 0 Å². The predicted octanol–water partition coefficient (Wildman–Crippen LogP) is 6.63. The molecular weight excluding hydrogens is 490 g/mol. The molecule has 0 aliphatic carbocycles. The number of benzene rings is 2. The van der Waals surface area contributed by atoms with Gasteiger partial charge in [-0.3, -0.25) is 4.79 Å². The van der Waals surface area contributed by atoms with E-state index >= 15 is 0 Å². The lowest BCUT2D eigenvalue weighted by atomic mass is 10.0. The SMILES string of the molecule is CCCc1ccc(OCC(=O)Nc2scc(-c3ccc(C)cc3)c2C(=O)OCC)c(Br)c1. The highest BCUT2D eigenvalue weighted by Gasteiger charge is 2.23. The van der Waals surface area contributed by atoms with E-state index < -0.39 is 5.97 Å². The van der Waals surface area contributed by atoms with Crippen molar-refractivity contribution in [3.05, 3.63) is 69.0 Å². The largest absolute Gasteiger partial charge is 0.483 e. The molecule has 0 unspecified atom stereocenters. The average Bonchev–Trinajstić information content (AvgIpc) is 3.17. The highest BCUT2D eigenvalue weighted by molar-refractivity contribution is 9.10. The van der Waals surface area contributed by atoms with Crippen molar-refractivity contribution in [2.75, 3.05) is 18.5 Å². The fourth-order valence-electron chi connectivity index (χ4n) is 3.21. The van der Waals surface area contributed by atoms with Gasteiger partial charge in [-0.15, -0.1) is 11.3 Å². The van der Waals surface area contributed by atoms with Gasteiger partial charge in [-0.25, -0.2) is 4.79 Å². The quantitative estimate of drug-likeness (QED) is 0.324. The average molecular weight is 516 g/mol. The van der Waals surface area contributed by atoms with Gasteiger partial charge in [-0.05, 0) is 59.5 Å². The minimum Gasteiger partial charge on any atom is -0.483 e. The third kappa shape index (κ3) is 5.99. The lowest BCUT2D eigenvalue weighted by Crippen LogP contribution is -2.21. The van der Waals surface area contributed by atoms with Gasteiger partial charge in [0.1, 0.15) is 16.3 Å². The zero-order valence-corrected chi connectivity index (χ0v) is 20.8. The van der Waals surface area contributed by atoms with Crippen LogP contribution in [0.2, 0.25) is 0 Å². The molecule has 1 heterocycles. The Bertz CT molecular complexity index is 1090. The summed E-state index contributed by atoms with van der Waals surface area (Å²) in [6.45, 7) is 5.96. The van der Waals surface area contributed by atoms with Gasteiger partial charge < -0.3 is 14.8 Å². The maximum atomic E-state index is 12.7. The molecule has 0 aliphatic rings. The summed E-state index contributed by atoms with van der Waals surface area (Å²) < 4.78 is 11.7. The van der Waals surface area contributed by atoms with Crippen LogP contribution in [0.15, 0.2) is 52.3 Å². The van der Waals surface area contributed by atoms with Gasteiger partial charge >= 0.3 is 5.97 Å². The third-order valence-corrected chi connectivity index (χ3v) is 6.29. The Labute approximate surface area is 200 Å². The van der Waals surface area contributed by atoms with E-state index in [2.05, 4.69) is 28.2 Å². The van der Waals surface area contributed by atoms with Crippen molar-refractivity contribution in [1.82, 2.24) is 0 Å². The van der Waals surface area contributed by atoms with E-state index in [1.165, 1.54) is 16.9 Å². The molecule has 3 rings (SSSR count). The summed E-state index contributed by atoms with van der Waals surface area (Å²) in [5.74, 6) is -0.218. The molecule has 0 radical (unpaired) electrons. The van der Waals surface area contributed by atoms with Crippen LogP contribution in [0.4, 0.5) is 5.00 Å². The Balaban J connectivity index is 1.75. The Morgan fingerprint density at radius 3 is 2.50 bits per heavy atom. The topological polar surface area (TPSA) is 64.6 Å². The summed E-state index contributed by atoms with van der Waals surface area (Å²) in [7, 11) is 0. The van der Waals surface area contributed by atoms with Crippen molar-refractivity contribution < 1.29 is 19.1 Å². The minimum atomic E-state index is -0.463. The molecule has 32 heavy (non-hydrogen) atoms. The van der Waals surface area contributed by atoms with Crippen LogP contribution >= 0.6 is 27.3 Å². The van der Waals surface area contributed by atoms with E-state index in [1.54, 1.807) is 6.92 Å². The maximum Gasteiger partial charge on any atom is 0.341 e. The number of halogens is 1. The first-order chi connectivity index (χ1) is 15.4. The highest BCUT2D eigenvalue weighted by atomic mass is 79.9. The fraction of sp³-hybridized carbons (Fsp3) is 0.280. The standard InChI is InChI=1S/C25H26BrNO4S/c1-4-6-17-9-12-21(20(26)13-17)31-14-22(28)27-24-23(25(29)30-5-2)19(15-32-24)18-10-7-16(3)8-11-18/h7-13,15H,4-6,14H2,1-3H3,(H,27,28). The molecule has 0 aliphatic heterocycles. The number of aryl methyl sites for hydroxylation is 2. The number of amides is 1. The molecule has 0 atom stereocenters. The number of carbonyl (C=O) groups is 2. The molecule has 1 aromatic heterocycles. The summed E-state index contributed by atoms with van der Waals surface area (Å²) in [6.07, 6.45) is 2.04. The van der Waals surface area contributed by atoms with Gasteiger partial charge in [0.15, 0.2) is 6.61 Å². The van der Waals surface area contributed by atoms with E-state index in [0.717, 1.165) is 34.0 Å². The Morgan fingerprint density at radius 2 is 1.84 bits per heavy atom. The molecule has 7 heteroatoms. The number of carbonyl (C=O) groups excluding carboxylic acids is 2. The van der Waals surface area contributed by atoms with Crippen LogP contribution in [-0.2, 0) is 16.0 Å². The van der Waals surface area contributed by atoms with E-state index in [0.29, 0.717) is 16.3 Å². The van der Waals surface area contributed by atoms with E-state index in [9.17, 15) is 9.59 Å². The Hall–Kier alpha value is -2.64. The predicted molar refractivity (Wildman–Crippen MR) is 133 cm³/mol. The molecule has 3 aromatic rings. The Morgan fingerprint density at radius 1 is 1.09 bits per heavy atom. The summed E-state index contributed by atoms with van der Waals surface area (Å²) >= 11 is 4.79. The fourth-order valence-corrected chi connectivity index (χ4v) is 4.73. The van der Waals surface area contributed by atoms with Crippen LogP contribution in [0.25, 0.3) is 11.1 Å². The summed E-state index contributed by atoms with van der Waals surface area (Å²) in [5.41, 5.74) is 4.32. The van der Waals surface area contributed by atoms with Gasteiger partial charge in [-0.1, -0.05) is 49.2 Å². The van der Waals surface area contributed by atoms with Crippen LogP contribution in [0.5, 0.6) is 5.75 Å². The molecule has 5 nitrogen and oxygen atoms in total. The van der Waals surface area contributed by atoms with Crippen LogP contribution < -0.4 is 10.1 Å². The lowest BCUT2D eigenvalue weighted by molar-refractivity contribution is -0.118. The number of thiophene rings is 1. The monoisotopic (exact) mass is 515 g/mol. The molecule has 1 N–H and O–H groups in total. The van der Waals surface area contributed by atoms with Crippen LogP contribution in [0.3, 0.4) is 0 Å². The zero-order valence-electron chi connectivity index (χ0n) is 18.4. The number of hydrogen-bond acceptors (Lipinski definition) is 5. The van der Waals surface area contributed by atoms with Gasteiger partial charge in [0, 0.05) is 10.9 Å². The van der Waals surface area contributed by atoms with E-state index in [-0.39, 0.29) is 19.1 Å². The first-order valence-electron chi connectivity index (χ1n) is 10.5. The first-order valence-corrected chi connectivity index (χ1v) is 12.2. The molecule has 168 valence electrons. The van der Waals surface area contributed by atoms with Crippen LogP contribution in [-0.4, -0.2) is 25.1 Å². The number of esters is 1. The number of ether oxygens (including phenoxy) is 2. The molecule has 0 spiro atoms. The van der Waals surface area contributed by atoms with Crippen molar-refractivity contribution in [1.29, 1.82) is 0 Å². The van der Waals surface area contributed by atoms with Crippen LogP contribution in [0.1, 0.15) is 41.8 Å². The molecular formula is C25H26BrNO4S. The summed E-state index contributed by atoms with van der Waals surface area (Å²) in [5, 5.41) is 5.12. The number of nitrogens with one attached hydrogen (secondary N) is 1. The smallest absolute Gasteiger partial charge is 0.341 e. The van der Waals surface area contributed by atoms with Gasteiger partial charge in [0.25, 0.3) is 5.91 Å². The van der Waals surface area contributed by atoms with Crippen molar-refractivity contribution in [2.24, 2.45) is 0 Å². The molecule has 0 fully saturated rings. The van der Waals surface area contributed by atoms with Gasteiger partial charge in [0.05, 0.1) is 11.1 Å². The van der Waals surface area contributed by atoms with E-state index in [4.69, 9.17) is 9.47 Å². The molecule has 1 amide bonds. The van der Waals surface area contributed by atoms with Gasteiger partial charge in [0.2, 0.25) is 0 Å². The normalized spacial score (nSPS) is 10.6. The summed E-state index contributed by atoms with van der Waals surface area (Å²) in [6, 6.07) is 13.7. The van der Waals surface area contributed by atoms with Crippen molar-refractivity contribution in [2.45, 2.75) is 33.6 Å². The van der Waals surface area contributed by atoms with Crippen molar-refractivity contribution >= 4 is 44.1 Å². The van der Waals surface area contributed by atoms with Crippen molar-refractivity contribution in [3.8, 4) is 16.9 Å². The molecule has 0 saturated carbocycles. The number of hydrogen-bond donors (Lipinski definition) is 1. The van der Waals surface area contributed by atoms with Crippen LogP contribution in [0, 0.1) is 6.92 Å². The molecule has 0 bridgehead atoms. The Kier molecular flexibility index (Phi) is 8.47. The van der Waals surface area contributed by atoms with E-state index in [1.807, 2.05) is 54.8 Å². The third-order valence-electron chi connectivity index (χ3n) is 4.78. The minimum absolute atomic E-state index is 0.175. The molecule has 2 aromatic carbocycles. The highest BCUT2D eigenvalue weighted by Crippen LogP contribution is 2.36. The lowest BCUT2D eigenvalue weighted by Gasteiger charge is -2.11. The maximum absolute atomic E-state index is 12.7. The first kappa shape index (κ1) is 24.0. The summed E-state index contributed by atoms with van der Waals surface area (Å²) in [4.78, 5) is 25.3. The number of anilines is 1. The second-order valence-electron chi connectivity index (χ2n) is 7.29. The number of rotatable bonds is 9. The second kappa shape index (κ2) is 11.3.